The summed E-state index contributed by atoms with van der Waals surface area (Å²) in [5.41, 5.74) is 14.8. The Bertz CT molecular complexity index is 4030. The van der Waals surface area contributed by atoms with Gasteiger partial charge in [0.2, 0.25) is 0 Å². The standard InChI is InChI=1S/C60H38N4O2.Pt/c1-3-16-40(17-4-1)46-24-14-25-47(41-18-5-2-6-19-41)59(46)63-39-62(54-29-10-11-30-55(54)63)43-20-13-21-44(36-43)65-45-33-34-50-49-22-7-9-28-53(49)64(56(50)37-45)58-35-32-42(38-61-58)48-26-15-27-52-51-23-8-12-31-57(51)66-60(48)52;/h1-38H;. The fraction of sp³-hybridized carbons (Fsp3) is 0. The first-order chi connectivity index (χ1) is 33.2. The predicted molar refractivity (Wildman–Crippen MR) is 268 cm³/mol. The molecule has 6 nitrogen and oxygen atoms in total. The van der Waals surface area contributed by atoms with Gasteiger partial charge in [0.05, 0.1) is 0 Å². The molecule has 13 aromatic rings. The summed E-state index contributed by atoms with van der Waals surface area (Å²) >= 11 is 2.49. The molecule has 0 unspecified atom stereocenters. The van der Waals surface area contributed by atoms with Gasteiger partial charge in [0.25, 0.3) is 0 Å². The van der Waals surface area contributed by atoms with E-state index in [1.165, 1.54) is 0 Å². The number of hydrogen-bond donors (Lipinski definition) is 0. The van der Waals surface area contributed by atoms with Crippen LogP contribution in [0.2, 0.25) is 0 Å². The van der Waals surface area contributed by atoms with Crippen molar-refractivity contribution < 1.29 is 28.5 Å². The van der Waals surface area contributed by atoms with Gasteiger partial charge in [0.1, 0.15) is 11.2 Å². The van der Waals surface area contributed by atoms with Crippen molar-refractivity contribution in [1.82, 2.24) is 18.7 Å². The molecule has 9 aromatic carbocycles. The van der Waals surface area contributed by atoms with Crippen LogP contribution in [0.25, 0.3) is 105 Å². The van der Waals surface area contributed by atoms with E-state index >= 15 is 0 Å². The zero-order valence-electron chi connectivity index (χ0n) is 35.9. The van der Waals surface area contributed by atoms with Crippen LogP contribution in [-0.2, 0) is 19.4 Å². The van der Waals surface area contributed by atoms with Gasteiger partial charge in [-0.2, -0.15) is 0 Å². The van der Waals surface area contributed by atoms with Gasteiger partial charge in [-0.05, 0) is 12.1 Å². The Morgan fingerprint density at radius 2 is 1.00 bits per heavy atom. The van der Waals surface area contributed by atoms with E-state index in [0.717, 1.165) is 121 Å². The van der Waals surface area contributed by atoms with Crippen molar-refractivity contribution >= 4 is 54.8 Å². The zero-order valence-corrected chi connectivity index (χ0v) is 38.1. The molecule has 4 heterocycles. The maximum atomic E-state index is 6.81. The first kappa shape index (κ1) is 39.1. The number of furan rings is 1. The SMILES string of the molecule is [Pt]=[c]1n(-c2cccc(Oc3ccc4c5ccccc5n(-c5ccc(-c6cccc7c6oc6ccccc67)cn5)c4c3)c2)c2ccccc2n1-c1c(-c2ccccc2)cccc1-c1ccccc1. The van der Waals surface area contributed by atoms with Gasteiger partial charge in [-0.25, -0.2) is 0 Å². The van der Waals surface area contributed by atoms with Gasteiger partial charge in [-0.3, -0.25) is 0 Å². The molecular formula is C60H38N4O2Pt. The predicted octanol–water partition coefficient (Wildman–Crippen LogP) is 15.7. The fourth-order valence-electron chi connectivity index (χ4n) is 9.79. The first-order valence-electron chi connectivity index (χ1n) is 22.3. The Morgan fingerprint density at radius 1 is 0.403 bits per heavy atom. The van der Waals surface area contributed by atoms with Gasteiger partial charge in [-0.15, -0.1) is 0 Å². The summed E-state index contributed by atoms with van der Waals surface area (Å²) in [5, 5.41) is 4.48. The molecule has 0 amide bonds. The van der Waals surface area contributed by atoms with E-state index in [2.05, 4.69) is 239 Å². The third-order valence-corrected chi connectivity index (χ3v) is 13.8. The van der Waals surface area contributed by atoms with Gasteiger partial charge in [-0.1, -0.05) is 48.5 Å². The summed E-state index contributed by atoms with van der Waals surface area (Å²) in [5.74, 6) is 2.28. The summed E-state index contributed by atoms with van der Waals surface area (Å²) in [6.07, 6.45) is 1.95. The maximum absolute atomic E-state index is 6.81. The van der Waals surface area contributed by atoms with Crippen molar-refractivity contribution in [1.29, 1.82) is 0 Å². The molecule has 0 N–H and O–H groups in total. The molecular weight excluding hydrogens is 1000 g/mol. The number of aromatic nitrogens is 4. The quantitative estimate of drug-likeness (QED) is 0.152. The van der Waals surface area contributed by atoms with Crippen molar-refractivity contribution in [2.75, 3.05) is 0 Å². The Kier molecular flexibility index (Phi) is 9.33. The van der Waals surface area contributed by atoms with E-state index in [-0.39, 0.29) is 0 Å². The number of fused-ring (bicyclic) bond motifs is 7. The monoisotopic (exact) mass is 1040 g/mol. The number of nitrogens with zero attached hydrogens (tertiary/aromatic N) is 4. The molecule has 7 heteroatoms. The fourth-order valence-corrected chi connectivity index (χ4v) is 10.9. The molecule has 320 valence electrons. The summed E-state index contributed by atoms with van der Waals surface area (Å²) in [4.78, 5) is 5.09. The number of rotatable bonds is 8. The van der Waals surface area contributed by atoms with E-state index in [1.807, 2.05) is 24.4 Å². The zero-order chi connectivity index (χ0) is 44.4. The topological polar surface area (TPSA) is 50.1 Å². The number of hydrogen-bond acceptors (Lipinski definition) is 3. The molecule has 0 aliphatic heterocycles. The van der Waals surface area contributed by atoms with E-state index in [0.29, 0.717) is 0 Å². The molecule has 0 fully saturated rings. The molecule has 13 rings (SSSR count). The van der Waals surface area contributed by atoms with Crippen LogP contribution in [-0.4, -0.2) is 18.7 Å². The molecule has 0 saturated heterocycles. The van der Waals surface area contributed by atoms with Crippen LogP contribution in [0.15, 0.2) is 235 Å². The van der Waals surface area contributed by atoms with Crippen molar-refractivity contribution in [3.8, 4) is 62.1 Å². The third-order valence-electron chi connectivity index (χ3n) is 12.8. The minimum atomic E-state index is 0.730. The second-order valence-electron chi connectivity index (χ2n) is 16.7. The van der Waals surface area contributed by atoms with Crippen LogP contribution in [0.3, 0.4) is 0 Å². The number of pyridine rings is 1. The molecule has 67 heavy (non-hydrogen) atoms. The van der Waals surface area contributed by atoms with Gasteiger partial charge in [0, 0.05) is 28.1 Å². The average Bonchev–Trinajstić information content (AvgIpc) is 4.03. The number of benzene rings is 9. The molecule has 0 saturated carbocycles. The Balaban J connectivity index is 0.898. The summed E-state index contributed by atoms with van der Waals surface area (Å²) in [7, 11) is 0. The number of ether oxygens (including phenoxy) is 1. The second kappa shape index (κ2) is 16.0. The van der Waals surface area contributed by atoms with Crippen LogP contribution in [0.4, 0.5) is 0 Å². The van der Waals surface area contributed by atoms with E-state index < -0.39 is 0 Å². The van der Waals surface area contributed by atoms with Crippen LogP contribution >= 0.6 is 0 Å². The summed E-state index contributed by atoms with van der Waals surface area (Å²) in [6.45, 7) is 0. The van der Waals surface area contributed by atoms with Gasteiger partial charge >= 0.3 is 294 Å². The van der Waals surface area contributed by atoms with Crippen molar-refractivity contribution in [3.63, 3.8) is 0 Å². The number of imidazole rings is 1. The molecule has 0 spiro atoms. The van der Waals surface area contributed by atoms with Crippen molar-refractivity contribution in [3.05, 3.63) is 234 Å². The molecule has 0 radical (unpaired) electrons. The van der Waals surface area contributed by atoms with Crippen molar-refractivity contribution in [2.24, 2.45) is 0 Å². The van der Waals surface area contributed by atoms with Crippen LogP contribution in [0.5, 0.6) is 11.5 Å². The molecule has 0 aliphatic rings. The Hall–Kier alpha value is -8.31. The number of para-hydroxylation sites is 6. The minimum absolute atomic E-state index is 0.730. The summed E-state index contributed by atoms with van der Waals surface area (Å²) in [6, 6.07) is 78.5. The first-order valence-corrected chi connectivity index (χ1v) is 23.4. The van der Waals surface area contributed by atoms with E-state index in [1.54, 1.807) is 0 Å². The van der Waals surface area contributed by atoms with Crippen LogP contribution in [0, 0.1) is 3.80 Å². The normalized spacial score (nSPS) is 11.7. The second-order valence-corrected chi connectivity index (χ2v) is 17.7. The van der Waals surface area contributed by atoms with E-state index in [9.17, 15) is 0 Å². The van der Waals surface area contributed by atoms with Crippen LogP contribution in [0.1, 0.15) is 0 Å². The molecule has 0 bridgehead atoms. The third kappa shape index (κ3) is 6.52. The Morgan fingerprint density at radius 3 is 1.75 bits per heavy atom. The van der Waals surface area contributed by atoms with E-state index in [4.69, 9.17) is 14.1 Å². The molecule has 0 atom stereocenters. The average molecular weight is 1040 g/mol. The van der Waals surface area contributed by atoms with Crippen molar-refractivity contribution in [2.45, 2.75) is 0 Å². The summed E-state index contributed by atoms with van der Waals surface area (Å²) < 4.78 is 21.2. The Labute approximate surface area is 396 Å². The van der Waals surface area contributed by atoms with Crippen LogP contribution < -0.4 is 4.74 Å². The van der Waals surface area contributed by atoms with Gasteiger partial charge < -0.3 is 4.42 Å². The van der Waals surface area contributed by atoms with Gasteiger partial charge in [0.15, 0.2) is 0 Å². The molecule has 4 aromatic heterocycles. The molecule has 0 aliphatic carbocycles.